The van der Waals surface area contributed by atoms with E-state index in [9.17, 15) is 34.1 Å². The van der Waals surface area contributed by atoms with E-state index in [-0.39, 0.29) is 12.8 Å². The molecule has 0 aliphatic rings. The first-order valence-corrected chi connectivity index (χ1v) is 24.5. The van der Waals surface area contributed by atoms with E-state index in [2.05, 4.69) is 92.1 Å². The minimum Gasteiger partial charge on any atom is -0.480 e. The average Bonchev–Trinajstić information content (AvgIpc) is 3.22. The number of carbonyl (C=O) groups excluding carboxylic acids is 2. The van der Waals surface area contributed by atoms with Crippen molar-refractivity contribution >= 4 is 25.7 Å². The molecule has 0 aromatic rings. The molecule has 12 heteroatoms. The summed E-state index contributed by atoms with van der Waals surface area (Å²) in [5, 5.41) is 21.8. The van der Waals surface area contributed by atoms with Crippen molar-refractivity contribution < 1.29 is 47.8 Å². The van der Waals surface area contributed by atoms with Gasteiger partial charge < -0.3 is 25.2 Å². The second-order valence-electron chi connectivity index (χ2n) is 15.2. The van der Waals surface area contributed by atoms with E-state index < -0.39 is 57.6 Å². The number of unbranched alkanes of at least 4 members (excludes halogenated alkanes) is 16. The summed E-state index contributed by atoms with van der Waals surface area (Å²) in [7, 11) is -4.77. The summed E-state index contributed by atoms with van der Waals surface area (Å²) in [6.07, 6.45) is 50.6. The van der Waals surface area contributed by atoms with Crippen LogP contribution in [0, 0.1) is 0 Å². The monoisotopic (exact) mass is 864 g/mol. The Morgan fingerprint density at radius 3 is 1.47 bits per heavy atom. The number of esters is 1. The topological polar surface area (TPSA) is 169 Å². The maximum absolute atomic E-state index is 12.3. The largest absolute Gasteiger partial charge is 0.480 e. The third-order valence-corrected chi connectivity index (χ3v) is 10.4. The predicted octanol–water partition coefficient (Wildman–Crippen LogP) is 12.1. The lowest BCUT2D eigenvalue weighted by atomic mass is 10.1. The lowest BCUT2D eigenvalue weighted by molar-refractivity contribution is -0.147. The van der Waals surface area contributed by atoms with Crippen LogP contribution in [0.15, 0.2) is 72.9 Å². The molecule has 3 atom stereocenters. The van der Waals surface area contributed by atoms with Crippen LogP contribution >= 0.6 is 7.82 Å². The molecule has 0 aliphatic heterocycles. The average molecular weight is 864 g/mol. The SMILES string of the molecule is CC/C=C\C/C=C\C/C=C\C/C=C\C/C=C\CCCCCCCCCC(=O)NC(COP(=O)(O)OCC(O)COC(=O)CCCCCCC/C=C\CCCCCC)C(=O)O. The number of aliphatic hydroxyl groups excluding tert-OH is 1. The third kappa shape index (κ3) is 41.6. The number of hydrogen-bond acceptors (Lipinski definition) is 8. The second kappa shape index (κ2) is 42.6. The fourth-order valence-electron chi connectivity index (χ4n) is 5.92. The summed E-state index contributed by atoms with van der Waals surface area (Å²) in [6.45, 7) is 2.44. The molecular formula is C48H82NO10P. The van der Waals surface area contributed by atoms with E-state index in [1.165, 1.54) is 25.7 Å². The van der Waals surface area contributed by atoms with Crippen molar-refractivity contribution in [3.05, 3.63) is 72.9 Å². The van der Waals surface area contributed by atoms with Crippen LogP contribution in [-0.2, 0) is 32.7 Å². The molecule has 11 nitrogen and oxygen atoms in total. The van der Waals surface area contributed by atoms with Gasteiger partial charge in [-0.05, 0) is 83.5 Å². The maximum atomic E-state index is 12.3. The molecule has 0 radical (unpaired) electrons. The van der Waals surface area contributed by atoms with Gasteiger partial charge >= 0.3 is 19.8 Å². The highest BCUT2D eigenvalue weighted by Crippen LogP contribution is 2.43. The highest BCUT2D eigenvalue weighted by Gasteiger charge is 2.28. The number of phosphoric acid groups is 1. The van der Waals surface area contributed by atoms with Crippen molar-refractivity contribution in [3.63, 3.8) is 0 Å². The van der Waals surface area contributed by atoms with E-state index in [0.717, 1.165) is 116 Å². The molecule has 0 aliphatic carbocycles. The van der Waals surface area contributed by atoms with Crippen LogP contribution in [0.5, 0.6) is 0 Å². The Morgan fingerprint density at radius 1 is 0.550 bits per heavy atom. The van der Waals surface area contributed by atoms with Gasteiger partial charge in [0.15, 0.2) is 6.04 Å². The predicted molar refractivity (Wildman–Crippen MR) is 244 cm³/mol. The number of nitrogens with one attached hydrogen (secondary N) is 1. The molecule has 0 aromatic carbocycles. The smallest absolute Gasteiger partial charge is 0.472 e. The van der Waals surface area contributed by atoms with E-state index in [1.54, 1.807) is 0 Å². The quantitative estimate of drug-likeness (QED) is 0.0201. The van der Waals surface area contributed by atoms with Gasteiger partial charge in [0.2, 0.25) is 5.91 Å². The molecule has 0 rings (SSSR count). The molecule has 0 saturated heterocycles. The molecule has 0 spiro atoms. The third-order valence-electron chi connectivity index (χ3n) is 9.48. The molecular weight excluding hydrogens is 781 g/mol. The van der Waals surface area contributed by atoms with Crippen LogP contribution in [0.3, 0.4) is 0 Å². The van der Waals surface area contributed by atoms with Crippen LogP contribution in [0.4, 0.5) is 0 Å². The minimum atomic E-state index is -4.77. The summed E-state index contributed by atoms with van der Waals surface area (Å²) in [5.41, 5.74) is 0. The number of aliphatic carboxylic acids is 1. The summed E-state index contributed by atoms with van der Waals surface area (Å²) >= 11 is 0. The van der Waals surface area contributed by atoms with Gasteiger partial charge in [0.1, 0.15) is 12.7 Å². The molecule has 0 saturated carbocycles. The number of carboxylic acid groups (broad SMARTS) is 1. The number of aliphatic hydroxyl groups is 1. The zero-order valence-electron chi connectivity index (χ0n) is 37.2. The van der Waals surface area contributed by atoms with Gasteiger partial charge in [0.25, 0.3) is 0 Å². The molecule has 3 unspecified atom stereocenters. The minimum absolute atomic E-state index is 0.128. The van der Waals surface area contributed by atoms with E-state index in [1.807, 2.05) is 0 Å². The van der Waals surface area contributed by atoms with Crippen LogP contribution in [0.25, 0.3) is 0 Å². The van der Waals surface area contributed by atoms with Gasteiger partial charge in [-0.1, -0.05) is 157 Å². The first kappa shape index (κ1) is 56.9. The van der Waals surface area contributed by atoms with Crippen molar-refractivity contribution in [2.45, 2.75) is 193 Å². The fourth-order valence-corrected chi connectivity index (χ4v) is 6.70. The standard InChI is InChI=1S/C48H82NO10P/c1-3-5-7-9-11-13-15-17-18-19-20-21-22-23-24-25-26-28-29-31-33-35-37-39-46(51)49-45(48(53)54)43-59-60(55,56)58-42-44(50)41-57-47(52)40-38-36-34-32-30-27-16-14-12-10-8-6-4-2/h5,7,11,13-14,16-18,20-21,23-24,44-45,50H,3-4,6,8-10,12,15,19,22,25-43H2,1-2H3,(H,49,51)(H,53,54)(H,55,56)/b7-5-,13-11-,16-14-,18-17-,21-20-,24-23-. The Morgan fingerprint density at radius 2 is 0.967 bits per heavy atom. The first-order chi connectivity index (χ1) is 29.1. The van der Waals surface area contributed by atoms with Gasteiger partial charge in [-0.25, -0.2) is 9.36 Å². The van der Waals surface area contributed by atoms with Gasteiger partial charge in [0.05, 0.1) is 13.2 Å². The Kier molecular flexibility index (Phi) is 40.4. The Bertz CT molecular complexity index is 1290. The van der Waals surface area contributed by atoms with Crippen molar-refractivity contribution in [3.8, 4) is 0 Å². The normalized spacial score (nSPS) is 14.3. The number of hydrogen-bond donors (Lipinski definition) is 4. The molecule has 0 aromatic heterocycles. The highest BCUT2D eigenvalue weighted by molar-refractivity contribution is 7.47. The summed E-state index contributed by atoms with van der Waals surface area (Å²) in [5.74, 6) is -2.40. The summed E-state index contributed by atoms with van der Waals surface area (Å²) in [4.78, 5) is 46.0. The van der Waals surface area contributed by atoms with Crippen molar-refractivity contribution in [1.29, 1.82) is 0 Å². The number of carboxylic acids is 1. The zero-order chi connectivity index (χ0) is 44.2. The van der Waals surface area contributed by atoms with Gasteiger partial charge in [-0.15, -0.1) is 0 Å². The molecule has 4 N–H and O–H groups in total. The number of allylic oxidation sites excluding steroid dienone is 12. The van der Waals surface area contributed by atoms with Gasteiger partial charge in [-0.3, -0.25) is 18.6 Å². The summed E-state index contributed by atoms with van der Waals surface area (Å²) < 4.78 is 26.8. The first-order valence-electron chi connectivity index (χ1n) is 23.0. The molecule has 60 heavy (non-hydrogen) atoms. The lowest BCUT2D eigenvalue weighted by Crippen LogP contribution is -2.43. The van der Waals surface area contributed by atoms with Crippen LogP contribution in [0.2, 0.25) is 0 Å². The highest BCUT2D eigenvalue weighted by atomic mass is 31.2. The number of phosphoric ester groups is 1. The second-order valence-corrected chi connectivity index (χ2v) is 16.7. The Labute approximate surface area is 363 Å². The Hall–Kier alpha value is -3.08. The van der Waals surface area contributed by atoms with Gasteiger partial charge in [-0.2, -0.15) is 0 Å². The van der Waals surface area contributed by atoms with Gasteiger partial charge in [0, 0.05) is 12.8 Å². The fraction of sp³-hybridized carbons (Fsp3) is 0.688. The van der Waals surface area contributed by atoms with Crippen molar-refractivity contribution in [2.24, 2.45) is 0 Å². The van der Waals surface area contributed by atoms with Crippen molar-refractivity contribution in [1.82, 2.24) is 5.32 Å². The van der Waals surface area contributed by atoms with E-state index >= 15 is 0 Å². The van der Waals surface area contributed by atoms with E-state index in [0.29, 0.717) is 12.8 Å². The molecule has 0 bridgehead atoms. The van der Waals surface area contributed by atoms with E-state index in [4.69, 9.17) is 13.8 Å². The summed E-state index contributed by atoms with van der Waals surface area (Å²) in [6, 6.07) is -1.56. The number of ether oxygens (including phenoxy) is 1. The number of amides is 1. The Balaban J connectivity index is 3.93. The molecule has 0 heterocycles. The van der Waals surface area contributed by atoms with Crippen LogP contribution < -0.4 is 5.32 Å². The van der Waals surface area contributed by atoms with Crippen LogP contribution in [-0.4, -0.2) is 64.9 Å². The number of carbonyl (C=O) groups is 3. The van der Waals surface area contributed by atoms with Crippen molar-refractivity contribution in [2.75, 3.05) is 19.8 Å². The maximum Gasteiger partial charge on any atom is 0.472 e. The lowest BCUT2D eigenvalue weighted by Gasteiger charge is -2.18. The van der Waals surface area contributed by atoms with Crippen LogP contribution in [0.1, 0.15) is 181 Å². The molecule has 344 valence electrons. The molecule has 0 fully saturated rings. The zero-order valence-corrected chi connectivity index (χ0v) is 38.1. The molecule has 1 amide bonds. The number of rotatable bonds is 42.